The molecule has 0 radical (unpaired) electrons. The minimum Gasteiger partial charge on any atom is -0.468 e. The summed E-state index contributed by atoms with van der Waals surface area (Å²) in [6.07, 6.45) is 0. The standard InChI is InChI=1S/C16H17FN2O5/c1-19-13(21)10-11(14(19)22)16(7-20,15(23)24-2)18-12(10)8-5-3-4-6-9(8)17/h3-6,10-12,18,20H,7H2,1-2H3/t10-,11+,12+,16-/m1/s1. The molecule has 3 rings (SSSR count). The average molecular weight is 336 g/mol. The summed E-state index contributed by atoms with van der Waals surface area (Å²) in [7, 11) is 2.43. The largest absolute Gasteiger partial charge is 0.468 e. The van der Waals surface area contributed by atoms with E-state index in [2.05, 4.69) is 5.32 Å². The number of carbonyl (C=O) groups excluding carboxylic acids is 3. The van der Waals surface area contributed by atoms with Crippen LogP contribution in [0.3, 0.4) is 0 Å². The fourth-order valence-electron chi connectivity index (χ4n) is 3.72. The number of benzene rings is 1. The first-order valence-electron chi connectivity index (χ1n) is 7.42. The number of nitrogens with zero attached hydrogens (tertiary/aromatic N) is 1. The van der Waals surface area contributed by atoms with Crippen LogP contribution in [0.1, 0.15) is 11.6 Å². The highest BCUT2D eigenvalue weighted by atomic mass is 19.1. The van der Waals surface area contributed by atoms with E-state index in [-0.39, 0.29) is 5.56 Å². The van der Waals surface area contributed by atoms with E-state index in [1.54, 1.807) is 6.07 Å². The summed E-state index contributed by atoms with van der Waals surface area (Å²) in [5, 5.41) is 12.7. The maximum absolute atomic E-state index is 14.2. The summed E-state index contributed by atoms with van der Waals surface area (Å²) in [6, 6.07) is 4.87. The second-order valence-electron chi connectivity index (χ2n) is 6.00. The van der Waals surface area contributed by atoms with Crippen LogP contribution in [0.15, 0.2) is 24.3 Å². The van der Waals surface area contributed by atoms with E-state index in [4.69, 9.17) is 4.74 Å². The van der Waals surface area contributed by atoms with Crippen molar-refractivity contribution in [2.45, 2.75) is 11.6 Å². The molecule has 2 aliphatic heterocycles. The molecule has 0 spiro atoms. The topological polar surface area (TPSA) is 95.9 Å². The third-order valence-electron chi connectivity index (χ3n) is 4.91. The van der Waals surface area contributed by atoms with E-state index in [0.717, 1.165) is 12.0 Å². The van der Waals surface area contributed by atoms with Crippen molar-refractivity contribution in [3.05, 3.63) is 35.6 Å². The van der Waals surface area contributed by atoms with E-state index < -0.39 is 53.6 Å². The predicted molar refractivity (Wildman–Crippen MR) is 78.9 cm³/mol. The Morgan fingerprint density at radius 3 is 2.62 bits per heavy atom. The number of nitrogens with one attached hydrogen (secondary N) is 1. The summed E-state index contributed by atoms with van der Waals surface area (Å²) in [5.41, 5.74) is -1.63. The maximum atomic E-state index is 14.2. The van der Waals surface area contributed by atoms with E-state index >= 15 is 0 Å². The van der Waals surface area contributed by atoms with Crippen LogP contribution >= 0.6 is 0 Å². The van der Waals surface area contributed by atoms with Gasteiger partial charge in [0.2, 0.25) is 11.8 Å². The number of hydrogen-bond acceptors (Lipinski definition) is 6. The lowest BCUT2D eigenvalue weighted by Gasteiger charge is -2.29. The zero-order valence-corrected chi connectivity index (χ0v) is 13.2. The molecule has 7 nitrogen and oxygen atoms in total. The van der Waals surface area contributed by atoms with Crippen molar-refractivity contribution in [3.8, 4) is 0 Å². The summed E-state index contributed by atoms with van der Waals surface area (Å²) in [4.78, 5) is 38.2. The smallest absolute Gasteiger partial charge is 0.329 e. The molecule has 0 bridgehead atoms. The number of ether oxygens (including phenoxy) is 1. The monoisotopic (exact) mass is 336 g/mol. The minimum atomic E-state index is -1.79. The number of esters is 1. The molecule has 0 aromatic heterocycles. The SMILES string of the molecule is COC(=O)[C@]1(CO)N[C@@H](c2ccccc2F)[C@@H]2C(=O)N(C)C(=O)[C@H]21. The number of carbonyl (C=O) groups is 3. The Labute approximate surface area is 137 Å². The molecule has 2 N–H and O–H groups in total. The van der Waals surface area contributed by atoms with Gasteiger partial charge in [-0.15, -0.1) is 0 Å². The maximum Gasteiger partial charge on any atom is 0.329 e. The van der Waals surface area contributed by atoms with Gasteiger partial charge >= 0.3 is 5.97 Å². The van der Waals surface area contributed by atoms with Crippen LogP contribution in [0.5, 0.6) is 0 Å². The highest BCUT2D eigenvalue weighted by Crippen LogP contribution is 2.48. The number of fused-ring (bicyclic) bond motifs is 1. The second kappa shape index (κ2) is 5.64. The van der Waals surface area contributed by atoms with Crippen molar-refractivity contribution in [2.24, 2.45) is 11.8 Å². The van der Waals surface area contributed by atoms with Gasteiger partial charge < -0.3 is 9.84 Å². The predicted octanol–water partition coefficient (Wildman–Crippen LogP) is -0.395. The van der Waals surface area contributed by atoms with Crippen molar-refractivity contribution in [3.63, 3.8) is 0 Å². The van der Waals surface area contributed by atoms with Crippen LogP contribution in [0.25, 0.3) is 0 Å². The van der Waals surface area contributed by atoms with Gasteiger partial charge in [-0.05, 0) is 6.07 Å². The Morgan fingerprint density at radius 2 is 2.04 bits per heavy atom. The molecule has 2 amide bonds. The molecule has 1 aromatic rings. The van der Waals surface area contributed by atoms with E-state index in [9.17, 15) is 23.9 Å². The first-order valence-corrected chi connectivity index (χ1v) is 7.42. The van der Waals surface area contributed by atoms with Gasteiger partial charge in [-0.3, -0.25) is 19.8 Å². The van der Waals surface area contributed by atoms with Crippen molar-refractivity contribution in [2.75, 3.05) is 20.8 Å². The number of amides is 2. The minimum absolute atomic E-state index is 0.156. The van der Waals surface area contributed by atoms with Crippen molar-refractivity contribution < 1.29 is 28.6 Å². The first kappa shape index (κ1) is 16.5. The zero-order chi connectivity index (χ0) is 17.6. The fourth-order valence-corrected chi connectivity index (χ4v) is 3.72. The number of halogens is 1. The molecule has 2 fully saturated rings. The van der Waals surface area contributed by atoms with Gasteiger partial charge in [-0.2, -0.15) is 0 Å². The van der Waals surface area contributed by atoms with Crippen LogP contribution in [0, 0.1) is 17.7 Å². The number of hydrogen-bond donors (Lipinski definition) is 2. The highest BCUT2D eigenvalue weighted by Gasteiger charge is 2.68. The Morgan fingerprint density at radius 1 is 1.38 bits per heavy atom. The van der Waals surface area contributed by atoms with Crippen molar-refractivity contribution in [1.29, 1.82) is 0 Å². The lowest BCUT2D eigenvalue weighted by Crippen LogP contribution is -2.58. The van der Waals surface area contributed by atoms with Gasteiger partial charge in [-0.25, -0.2) is 9.18 Å². The van der Waals surface area contributed by atoms with Gasteiger partial charge in [-0.1, -0.05) is 18.2 Å². The first-order chi connectivity index (χ1) is 11.4. The van der Waals surface area contributed by atoms with Crippen LogP contribution in [-0.2, 0) is 19.1 Å². The van der Waals surface area contributed by atoms with Crippen LogP contribution in [0.4, 0.5) is 4.39 Å². The summed E-state index contributed by atoms with van der Waals surface area (Å²) >= 11 is 0. The molecule has 128 valence electrons. The third-order valence-corrected chi connectivity index (χ3v) is 4.91. The summed E-state index contributed by atoms with van der Waals surface area (Å²) in [5.74, 6) is -4.71. The molecule has 4 atom stereocenters. The molecule has 24 heavy (non-hydrogen) atoms. The Balaban J connectivity index is 2.17. The van der Waals surface area contributed by atoms with E-state index in [1.165, 1.54) is 25.2 Å². The molecule has 2 saturated heterocycles. The fraction of sp³-hybridized carbons (Fsp3) is 0.438. The number of rotatable bonds is 3. The van der Waals surface area contributed by atoms with Crippen molar-refractivity contribution in [1.82, 2.24) is 10.2 Å². The molecule has 0 aliphatic carbocycles. The van der Waals surface area contributed by atoms with Gasteiger partial charge in [0.15, 0.2) is 5.54 Å². The Bertz CT molecular complexity index is 724. The summed E-state index contributed by atoms with van der Waals surface area (Å²) < 4.78 is 19.0. The molecule has 0 unspecified atom stereocenters. The van der Waals surface area contributed by atoms with Gasteiger partial charge in [0.25, 0.3) is 0 Å². The lowest BCUT2D eigenvalue weighted by atomic mass is 9.79. The van der Waals surface area contributed by atoms with Crippen LogP contribution in [0.2, 0.25) is 0 Å². The number of aliphatic hydroxyl groups excluding tert-OH is 1. The Hall–Kier alpha value is -2.32. The quantitative estimate of drug-likeness (QED) is 0.576. The van der Waals surface area contributed by atoms with E-state index in [1.807, 2.05) is 0 Å². The second-order valence-corrected chi connectivity index (χ2v) is 6.00. The molecule has 0 saturated carbocycles. The summed E-state index contributed by atoms with van der Waals surface area (Å²) in [6.45, 7) is -0.751. The average Bonchev–Trinajstić information content (AvgIpc) is 3.05. The van der Waals surface area contributed by atoms with Gasteiger partial charge in [0.1, 0.15) is 5.82 Å². The van der Waals surface area contributed by atoms with Gasteiger partial charge in [0.05, 0.1) is 25.6 Å². The Kier molecular flexibility index (Phi) is 3.89. The highest BCUT2D eigenvalue weighted by molar-refractivity contribution is 6.09. The molecule has 2 aliphatic rings. The number of likely N-dealkylation sites (tertiary alicyclic amines) is 1. The number of methoxy groups -OCH3 is 1. The molecular formula is C16H17FN2O5. The van der Waals surface area contributed by atoms with Crippen LogP contribution in [-0.4, -0.2) is 54.1 Å². The van der Waals surface area contributed by atoms with Crippen molar-refractivity contribution >= 4 is 17.8 Å². The number of aliphatic hydroxyl groups is 1. The van der Waals surface area contributed by atoms with Gasteiger partial charge in [0, 0.05) is 18.7 Å². The molecule has 1 aromatic carbocycles. The molecular weight excluding hydrogens is 319 g/mol. The number of imide groups is 1. The van der Waals surface area contributed by atoms with E-state index in [0.29, 0.717) is 0 Å². The lowest BCUT2D eigenvalue weighted by molar-refractivity contribution is -0.156. The third kappa shape index (κ3) is 1.99. The molecule has 2 heterocycles. The zero-order valence-electron chi connectivity index (χ0n) is 13.2. The normalized spacial score (nSPS) is 32.2. The molecule has 8 heteroatoms. The van der Waals surface area contributed by atoms with Crippen LogP contribution < -0.4 is 5.32 Å².